The van der Waals surface area contributed by atoms with Crippen molar-refractivity contribution in [3.05, 3.63) is 41.7 Å². The normalized spacial score (nSPS) is 10.8. The highest BCUT2D eigenvalue weighted by molar-refractivity contribution is 6.48. The number of rotatable bonds is 8. The maximum absolute atomic E-state index is 12.4. The molecule has 0 heterocycles. The van der Waals surface area contributed by atoms with E-state index in [2.05, 4.69) is 4.74 Å². The van der Waals surface area contributed by atoms with E-state index in [1.807, 2.05) is 0 Å². The molecule has 0 spiro atoms. The van der Waals surface area contributed by atoms with Crippen molar-refractivity contribution in [3.8, 4) is 5.75 Å². The quantitative estimate of drug-likeness (QED) is 0.139. The Morgan fingerprint density at radius 2 is 1.68 bits per heavy atom. The van der Waals surface area contributed by atoms with E-state index < -0.39 is 17.5 Å². The Balaban J connectivity index is 3.07. The number of hydrogen-bond acceptors (Lipinski definition) is 6. The SMILES string of the molecule is CCO/C=C(/C(=O)C(=O)OCC)C(=O)c1ccc(OC)cc1. The summed E-state index contributed by atoms with van der Waals surface area (Å²) >= 11 is 0. The van der Waals surface area contributed by atoms with E-state index in [0.29, 0.717) is 5.75 Å². The van der Waals surface area contributed by atoms with Crippen LogP contribution in [0.1, 0.15) is 24.2 Å². The Kier molecular flexibility index (Phi) is 6.82. The second-order valence-electron chi connectivity index (χ2n) is 4.09. The standard InChI is InChI=1S/C16H18O6/c1-4-21-10-13(15(18)16(19)22-5-2)14(17)11-6-8-12(20-3)9-7-11/h6-10H,4-5H2,1-3H3/b13-10+. The van der Waals surface area contributed by atoms with E-state index in [4.69, 9.17) is 9.47 Å². The molecule has 0 aliphatic heterocycles. The van der Waals surface area contributed by atoms with Crippen molar-refractivity contribution < 1.29 is 28.6 Å². The highest BCUT2D eigenvalue weighted by atomic mass is 16.5. The van der Waals surface area contributed by atoms with Gasteiger partial charge in [-0.25, -0.2) is 4.79 Å². The molecular formula is C16H18O6. The third-order valence-electron chi connectivity index (χ3n) is 2.67. The molecule has 0 saturated heterocycles. The van der Waals surface area contributed by atoms with Crippen molar-refractivity contribution in [2.75, 3.05) is 20.3 Å². The van der Waals surface area contributed by atoms with Crippen molar-refractivity contribution in [2.24, 2.45) is 0 Å². The van der Waals surface area contributed by atoms with Crippen molar-refractivity contribution in [3.63, 3.8) is 0 Å². The first-order valence-electron chi connectivity index (χ1n) is 6.77. The molecule has 0 aliphatic rings. The van der Waals surface area contributed by atoms with Crippen LogP contribution in [-0.2, 0) is 19.1 Å². The van der Waals surface area contributed by atoms with Crippen LogP contribution in [0.4, 0.5) is 0 Å². The minimum atomic E-state index is -1.09. The zero-order valence-corrected chi connectivity index (χ0v) is 12.8. The molecule has 0 bridgehead atoms. The van der Waals surface area contributed by atoms with Gasteiger partial charge >= 0.3 is 5.97 Å². The monoisotopic (exact) mass is 306 g/mol. The van der Waals surface area contributed by atoms with Crippen LogP contribution in [0.5, 0.6) is 5.75 Å². The zero-order valence-electron chi connectivity index (χ0n) is 12.8. The van der Waals surface area contributed by atoms with Gasteiger partial charge in [0.15, 0.2) is 5.78 Å². The fourth-order valence-corrected chi connectivity index (χ4v) is 1.58. The van der Waals surface area contributed by atoms with Gasteiger partial charge < -0.3 is 14.2 Å². The molecule has 0 atom stereocenters. The average molecular weight is 306 g/mol. The molecule has 0 aromatic heterocycles. The highest BCUT2D eigenvalue weighted by Gasteiger charge is 2.27. The number of Topliss-reactive ketones (excluding diaryl/α,β-unsaturated/α-hetero) is 2. The summed E-state index contributed by atoms with van der Waals surface area (Å²) in [5.41, 5.74) is -0.130. The maximum atomic E-state index is 12.4. The Bertz CT molecular complexity index is 571. The van der Waals surface area contributed by atoms with Crippen LogP contribution in [0.3, 0.4) is 0 Å². The minimum Gasteiger partial charge on any atom is -0.501 e. The van der Waals surface area contributed by atoms with Gasteiger partial charge in [0.05, 0.1) is 26.6 Å². The summed E-state index contributed by atoms with van der Waals surface area (Å²) in [6.07, 6.45) is 0.992. The molecule has 0 radical (unpaired) electrons. The molecule has 1 aromatic rings. The third kappa shape index (κ3) is 4.44. The number of ketones is 2. The molecule has 6 nitrogen and oxygen atoms in total. The second kappa shape index (κ2) is 8.61. The van der Waals surface area contributed by atoms with Crippen LogP contribution in [0, 0.1) is 0 Å². The summed E-state index contributed by atoms with van der Waals surface area (Å²) in [4.78, 5) is 35.9. The minimum absolute atomic E-state index is 0.0449. The molecule has 0 fully saturated rings. The summed E-state index contributed by atoms with van der Waals surface area (Å²) < 4.78 is 14.6. The molecule has 1 rings (SSSR count). The number of esters is 1. The number of ether oxygens (including phenoxy) is 3. The van der Waals surface area contributed by atoms with Gasteiger partial charge in [-0.1, -0.05) is 0 Å². The molecular weight excluding hydrogens is 288 g/mol. The van der Waals surface area contributed by atoms with Crippen molar-refractivity contribution in [1.82, 2.24) is 0 Å². The number of carbonyl (C=O) groups excluding carboxylic acids is 3. The predicted molar refractivity (Wildman–Crippen MR) is 78.7 cm³/mol. The van der Waals surface area contributed by atoms with Gasteiger partial charge in [-0.2, -0.15) is 0 Å². The van der Waals surface area contributed by atoms with Gasteiger partial charge in [0, 0.05) is 5.56 Å². The first-order valence-corrected chi connectivity index (χ1v) is 6.77. The smallest absolute Gasteiger partial charge is 0.379 e. The highest BCUT2D eigenvalue weighted by Crippen LogP contribution is 2.15. The van der Waals surface area contributed by atoms with Crippen molar-refractivity contribution >= 4 is 17.5 Å². The molecule has 0 aliphatic carbocycles. The summed E-state index contributed by atoms with van der Waals surface area (Å²) in [6, 6.07) is 6.17. The van der Waals surface area contributed by atoms with Crippen LogP contribution < -0.4 is 4.74 Å². The maximum Gasteiger partial charge on any atom is 0.379 e. The Morgan fingerprint density at radius 1 is 1.05 bits per heavy atom. The molecule has 22 heavy (non-hydrogen) atoms. The van der Waals surface area contributed by atoms with E-state index in [1.165, 1.54) is 19.2 Å². The summed E-state index contributed by atoms with van der Waals surface area (Å²) in [5, 5.41) is 0. The number of hydrogen-bond donors (Lipinski definition) is 0. The summed E-state index contributed by atoms with van der Waals surface area (Å²) in [5.74, 6) is -2.16. The van der Waals surface area contributed by atoms with Crippen molar-refractivity contribution in [2.45, 2.75) is 13.8 Å². The fourth-order valence-electron chi connectivity index (χ4n) is 1.58. The lowest BCUT2D eigenvalue weighted by molar-refractivity contribution is -0.151. The van der Waals surface area contributed by atoms with Gasteiger partial charge in [0.25, 0.3) is 5.78 Å². The molecule has 0 unspecified atom stereocenters. The predicted octanol–water partition coefficient (Wildman–Crippen LogP) is 1.93. The van der Waals surface area contributed by atoms with Crippen molar-refractivity contribution in [1.29, 1.82) is 0 Å². The molecule has 1 aromatic carbocycles. The van der Waals surface area contributed by atoms with E-state index in [9.17, 15) is 14.4 Å². The van der Waals surface area contributed by atoms with Crippen LogP contribution in [0.15, 0.2) is 36.1 Å². The van der Waals surface area contributed by atoms with E-state index in [-0.39, 0.29) is 24.4 Å². The zero-order chi connectivity index (χ0) is 16.5. The van der Waals surface area contributed by atoms with Crippen LogP contribution >= 0.6 is 0 Å². The fraction of sp³-hybridized carbons (Fsp3) is 0.312. The molecule has 0 saturated carbocycles. The number of carbonyl (C=O) groups is 3. The Morgan fingerprint density at radius 3 is 2.18 bits per heavy atom. The van der Waals surface area contributed by atoms with Crippen LogP contribution in [-0.4, -0.2) is 37.9 Å². The van der Waals surface area contributed by atoms with Gasteiger partial charge in [0.1, 0.15) is 11.3 Å². The molecule has 118 valence electrons. The topological polar surface area (TPSA) is 78.9 Å². The summed E-state index contributed by atoms with van der Waals surface area (Å²) in [6.45, 7) is 3.57. The van der Waals surface area contributed by atoms with E-state index >= 15 is 0 Å². The second-order valence-corrected chi connectivity index (χ2v) is 4.09. The van der Waals surface area contributed by atoms with E-state index in [0.717, 1.165) is 6.26 Å². The average Bonchev–Trinajstić information content (AvgIpc) is 2.55. The van der Waals surface area contributed by atoms with E-state index in [1.54, 1.807) is 26.0 Å². The molecule has 0 amide bonds. The van der Waals surface area contributed by atoms with Gasteiger partial charge in [-0.3, -0.25) is 9.59 Å². The lowest BCUT2D eigenvalue weighted by Crippen LogP contribution is -2.24. The van der Waals surface area contributed by atoms with Gasteiger partial charge in [-0.05, 0) is 38.1 Å². The molecule has 6 heteroatoms. The Labute approximate surface area is 128 Å². The molecule has 0 N–H and O–H groups in total. The number of methoxy groups -OCH3 is 1. The van der Waals surface area contributed by atoms with Gasteiger partial charge in [-0.15, -0.1) is 0 Å². The first kappa shape index (κ1) is 17.4. The largest absolute Gasteiger partial charge is 0.501 e. The van der Waals surface area contributed by atoms with Gasteiger partial charge in [0.2, 0.25) is 0 Å². The first-order chi connectivity index (χ1) is 10.5. The lowest BCUT2D eigenvalue weighted by atomic mass is 10.0. The van der Waals surface area contributed by atoms with Crippen LogP contribution in [0.25, 0.3) is 0 Å². The summed E-state index contributed by atoms with van der Waals surface area (Å²) in [7, 11) is 1.50. The third-order valence-corrected chi connectivity index (χ3v) is 2.67. The van der Waals surface area contributed by atoms with Crippen LogP contribution in [0.2, 0.25) is 0 Å². The lowest BCUT2D eigenvalue weighted by Gasteiger charge is -2.07. The number of benzene rings is 1. The Hall–Kier alpha value is -2.63.